The first-order valence-electron chi connectivity index (χ1n) is 5.32. The minimum atomic E-state index is -0.542. The monoisotopic (exact) mass is 273 g/mol. The van der Waals surface area contributed by atoms with E-state index in [1.54, 1.807) is 24.3 Å². The van der Waals surface area contributed by atoms with Gasteiger partial charge in [0, 0.05) is 6.07 Å². The molecule has 1 N–H and O–H groups in total. The number of anilines is 2. The summed E-state index contributed by atoms with van der Waals surface area (Å²) in [5, 5.41) is 23.1. The number of halogens is 1. The van der Waals surface area contributed by atoms with Crippen LogP contribution in [0.1, 0.15) is 5.56 Å². The Morgan fingerprint density at radius 2 is 1.95 bits per heavy atom. The van der Waals surface area contributed by atoms with E-state index < -0.39 is 4.92 Å². The predicted molar refractivity (Wildman–Crippen MR) is 72.5 cm³/mol. The highest BCUT2D eigenvalue weighted by molar-refractivity contribution is 6.33. The zero-order valence-corrected chi connectivity index (χ0v) is 10.4. The molecule has 0 aliphatic rings. The van der Waals surface area contributed by atoms with Gasteiger partial charge in [-0.15, -0.1) is 0 Å². The van der Waals surface area contributed by atoms with E-state index >= 15 is 0 Å². The van der Waals surface area contributed by atoms with E-state index in [1.807, 2.05) is 6.07 Å². The highest BCUT2D eigenvalue weighted by Crippen LogP contribution is 2.31. The topological polar surface area (TPSA) is 79.0 Å². The van der Waals surface area contributed by atoms with Crippen molar-refractivity contribution in [3.8, 4) is 6.07 Å². The van der Waals surface area contributed by atoms with E-state index in [1.165, 1.54) is 18.2 Å². The van der Waals surface area contributed by atoms with Gasteiger partial charge in [0.25, 0.3) is 5.69 Å². The van der Waals surface area contributed by atoms with Gasteiger partial charge in [-0.05, 0) is 24.3 Å². The molecule has 0 atom stereocenters. The van der Waals surface area contributed by atoms with Gasteiger partial charge in [0.15, 0.2) is 0 Å². The Kier molecular flexibility index (Phi) is 3.64. The maximum absolute atomic E-state index is 11.0. The third kappa shape index (κ3) is 2.81. The van der Waals surface area contributed by atoms with Gasteiger partial charge >= 0.3 is 0 Å². The summed E-state index contributed by atoms with van der Waals surface area (Å²) in [4.78, 5) is 10.4. The van der Waals surface area contributed by atoms with E-state index in [-0.39, 0.29) is 16.9 Å². The van der Waals surface area contributed by atoms with Crippen LogP contribution in [0.5, 0.6) is 0 Å². The van der Waals surface area contributed by atoms with Gasteiger partial charge in [-0.1, -0.05) is 23.7 Å². The first-order valence-corrected chi connectivity index (χ1v) is 5.69. The molecule has 19 heavy (non-hydrogen) atoms. The van der Waals surface area contributed by atoms with Crippen molar-refractivity contribution in [1.29, 1.82) is 5.26 Å². The molecule has 2 aromatic rings. The summed E-state index contributed by atoms with van der Waals surface area (Å²) >= 11 is 5.98. The average Bonchev–Trinajstić information content (AvgIpc) is 2.41. The second kappa shape index (κ2) is 5.38. The van der Waals surface area contributed by atoms with E-state index in [9.17, 15) is 10.1 Å². The highest BCUT2D eigenvalue weighted by atomic mass is 35.5. The molecule has 0 amide bonds. The molecule has 0 bridgehead atoms. The summed E-state index contributed by atoms with van der Waals surface area (Å²) in [5.41, 5.74) is 0.921. The minimum Gasteiger partial charge on any atom is -0.349 e. The second-order valence-electron chi connectivity index (χ2n) is 3.71. The van der Waals surface area contributed by atoms with Crippen LogP contribution < -0.4 is 5.32 Å². The number of nitro benzene ring substituents is 1. The second-order valence-corrected chi connectivity index (χ2v) is 4.11. The minimum absolute atomic E-state index is 0.168. The van der Waals surface area contributed by atoms with E-state index in [0.29, 0.717) is 10.7 Å². The van der Waals surface area contributed by atoms with Gasteiger partial charge in [0.05, 0.1) is 27.3 Å². The SMILES string of the molecule is N#Cc1ccc(Nc2ccccc2Cl)c([N+](=O)[O-])c1. The van der Waals surface area contributed by atoms with E-state index in [0.717, 1.165) is 0 Å². The van der Waals surface area contributed by atoms with Crippen molar-refractivity contribution in [2.75, 3.05) is 5.32 Å². The lowest BCUT2D eigenvalue weighted by molar-refractivity contribution is -0.383. The Morgan fingerprint density at radius 1 is 1.21 bits per heavy atom. The molecule has 0 fully saturated rings. The predicted octanol–water partition coefficient (Wildman–Crippen LogP) is 3.86. The van der Waals surface area contributed by atoms with Crippen LogP contribution in [0.25, 0.3) is 0 Å². The molecule has 0 heterocycles. The molecule has 94 valence electrons. The van der Waals surface area contributed by atoms with Gasteiger partial charge in [0.2, 0.25) is 0 Å². The Morgan fingerprint density at radius 3 is 2.58 bits per heavy atom. The zero-order chi connectivity index (χ0) is 13.8. The first kappa shape index (κ1) is 12.9. The lowest BCUT2D eigenvalue weighted by Crippen LogP contribution is -1.98. The molecule has 0 aliphatic heterocycles. The lowest BCUT2D eigenvalue weighted by Gasteiger charge is -2.08. The number of nitrogens with one attached hydrogen (secondary N) is 1. The van der Waals surface area contributed by atoms with Crippen molar-refractivity contribution in [1.82, 2.24) is 0 Å². The molecule has 0 aliphatic carbocycles. The summed E-state index contributed by atoms with van der Waals surface area (Å²) in [5.74, 6) is 0. The lowest BCUT2D eigenvalue weighted by atomic mass is 10.2. The van der Waals surface area contributed by atoms with Crippen LogP contribution in [-0.4, -0.2) is 4.92 Å². The Labute approximate surface area is 114 Å². The van der Waals surface area contributed by atoms with Crippen LogP contribution in [0, 0.1) is 21.4 Å². The number of para-hydroxylation sites is 1. The number of rotatable bonds is 3. The Hall–Kier alpha value is -2.58. The fourth-order valence-electron chi connectivity index (χ4n) is 1.57. The van der Waals surface area contributed by atoms with Crippen LogP contribution in [0.15, 0.2) is 42.5 Å². The van der Waals surface area contributed by atoms with Crippen LogP contribution in [0.4, 0.5) is 17.1 Å². The van der Waals surface area contributed by atoms with E-state index in [4.69, 9.17) is 16.9 Å². The first-order chi connectivity index (χ1) is 9.11. The Balaban J connectivity index is 2.43. The molecular weight excluding hydrogens is 266 g/mol. The van der Waals surface area contributed by atoms with Gasteiger partial charge in [-0.2, -0.15) is 5.26 Å². The average molecular weight is 274 g/mol. The van der Waals surface area contributed by atoms with Crippen molar-refractivity contribution in [3.63, 3.8) is 0 Å². The van der Waals surface area contributed by atoms with Crippen LogP contribution in [0.2, 0.25) is 5.02 Å². The van der Waals surface area contributed by atoms with Crippen LogP contribution in [-0.2, 0) is 0 Å². The smallest absolute Gasteiger partial charge is 0.293 e. The molecule has 6 heteroatoms. The largest absolute Gasteiger partial charge is 0.349 e. The molecule has 0 spiro atoms. The molecule has 0 saturated heterocycles. The van der Waals surface area contributed by atoms with Gasteiger partial charge < -0.3 is 5.32 Å². The summed E-state index contributed by atoms with van der Waals surface area (Å²) in [6.07, 6.45) is 0. The maximum Gasteiger partial charge on any atom is 0.293 e. The van der Waals surface area contributed by atoms with E-state index in [2.05, 4.69) is 5.32 Å². The summed E-state index contributed by atoms with van der Waals surface area (Å²) < 4.78 is 0. The molecule has 0 radical (unpaired) electrons. The zero-order valence-electron chi connectivity index (χ0n) is 9.63. The molecule has 5 nitrogen and oxygen atoms in total. The molecule has 2 rings (SSSR count). The standard InChI is InChI=1S/C13H8ClN3O2/c14-10-3-1-2-4-11(10)16-12-6-5-9(8-15)7-13(12)17(18)19/h1-7,16H. The summed E-state index contributed by atoms with van der Waals surface area (Å²) in [7, 11) is 0. The van der Waals surface area contributed by atoms with Crippen LogP contribution in [0.3, 0.4) is 0 Å². The van der Waals surface area contributed by atoms with Gasteiger partial charge in [-0.3, -0.25) is 10.1 Å². The fraction of sp³-hybridized carbons (Fsp3) is 0. The molecular formula is C13H8ClN3O2. The highest BCUT2D eigenvalue weighted by Gasteiger charge is 2.15. The van der Waals surface area contributed by atoms with Crippen molar-refractivity contribution >= 4 is 28.7 Å². The summed E-state index contributed by atoms with van der Waals surface area (Å²) in [6.45, 7) is 0. The normalized spacial score (nSPS) is 9.68. The summed E-state index contributed by atoms with van der Waals surface area (Å²) in [6, 6.07) is 13.0. The number of nitriles is 1. The van der Waals surface area contributed by atoms with Crippen LogP contribution >= 0.6 is 11.6 Å². The quantitative estimate of drug-likeness (QED) is 0.680. The molecule has 0 saturated carbocycles. The number of benzene rings is 2. The molecule has 0 aromatic heterocycles. The number of hydrogen-bond acceptors (Lipinski definition) is 4. The third-order valence-electron chi connectivity index (χ3n) is 2.47. The molecule has 0 unspecified atom stereocenters. The number of hydrogen-bond donors (Lipinski definition) is 1. The van der Waals surface area contributed by atoms with Crippen molar-refractivity contribution in [2.24, 2.45) is 0 Å². The Bertz CT molecular complexity index is 680. The number of nitro groups is 1. The molecule has 2 aromatic carbocycles. The van der Waals surface area contributed by atoms with Gasteiger partial charge in [-0.25, -0.2) is 0 Å². The maximum atomic E-state index is 11.0. The van der Waals surface area contributed by atoms with Crippen molar-refractivity contribution in [3.05, 3.63) is 63.2 Å². The van der Waals surface area contributed by atoms with Crippen molar-refractivity contribution < 1.29 is 4.92 Å². The third-order valence-corrected chi connectivity index (χ3v) is 2.80. The fourth-order valence-corrected chi connectivity index (χ4v) is 1.75. The number of nitrogens with zero attached hydrogens (tertiary/aromatic N) is 2. The van der Waals surface area contributed by atoms with Gasteiger partial charge in [0.1, 0.15) is 5.69 Å². The van der Waals surface area contributed by atoms with Crippen molar-refractivity contribution in [2.45, 2.75) is 0 Å².